The van der Waals surface area contributed by atoms with Crippen molar-refractivity contribution in [1.82, 2.24) is 0 Å². The Labute approximate surface area is 110 Å². The summed E-state index contributed by atoms with van der Waals surface area (Å²) in [6, 6.07) is 0. The molecule has 0 saturated heterocycles. The SMILES string of the molecule is CC1(OC(=O)CC23C=CC(CC2)C3)CCCCC1. The largest absolute Gasteiger partial charge is 0.459 e. The number of carbonyl (C=O) groups excluding carboxylic acids is 1. The van der Waals surface area contributed by atoms with Gasteiger partial charge in [0.2, 0.25) is 0 Å². The first kappa shape index (κ1) is 12.3. The number of fused-ring (bicyclic) bond motifs is 2. The highest BCUT2D eigenvalue weighted by Gasteiger charge is 2.43. The highest BCUT2D eigenvalue weighted by atomic mass is 16.6. The van der Waals surface area contributed by atoms with E-state index in [-0.39, 0.29) is 17.0 Å². The lowest BCUT2D eigenvalue weighted by atomic mass is 9.83. The van der Waals surface area contributed by atoms with E-state index in [1.165, 1.54) is 38.5 Å². The number of allylic oxidation sites excluding steroid dienone is 2. The maximum absolute atomic E-state index is 12.2. The van der Waals surface area contributed by atoms with Crippen LogP contribution in [0.1, 0.15) is 64.7 Å². The first-order chi connectivity index (χ1) is 8.59. The highest BCUT2D eigenvalue weighted by molar-refractivity contribution is 5.71. The maximum atomic E-state index is 12.2. The highest BCUT2D eigenvalue weighted by Crippen LogP contribution is 2.51. The molecule has 2 heteroatoms. The van der Waals surface area contributed by atoms with E-state index in [9.17, 15) is 4.79 Å². The molecular formula is C16H24O2. The molecule has 100 valence electrons. The lowest BCUT2D eigenvalue weighted by Gasteiger charge is -2.34. The second-order valence-corrected chi connectivity index (χ2v) is 6.89. The molecule has 0 aromatic rings. The zero-order valence-corrected chi connectivity index (χ0v) is 11.4. The van der Waals surface area contributed by atoms with Crippen LogP contribution in [0.2, 0.25) is 0 Å². The van der Waals surface area contributed by atoms with E-state index in [2.05, 4.69) is 19.1 Å². The fourth-order valence-electron chi connectivity index (χ4n) is 4.07. The van der Waals surface area contributed by atoms with Crippen LogP contribution in [0.15, 0.2) is 12.2 Å². The van der Waals surface area contributed by atoms with Crippen LogP contribution in [0.5, 0.6) is 0 Å². The van der Waals surface area contributed by atoms with Gasteiger partial charge in [0.25, 0.3) is 0 Å². The lowest BCUT2D eigenvalue weighted by molar-refractivity contribution is -0.163. The van der Waals surface area contributed by atoms with Crippen molar-refractivity contribution < 1.29 is 9.53 Å². The van der Waals surface area contributed by atoms with Gasteiger partial charge in [-0.3, -0.25) is 4.79 Å². The fraction of sp³-hybridized carbons (Fsp3) is 0.812. The van der Waals surface area contributed by atoms with Crippen molar-refractivity contribution in [2.75, 3.05) is 0 Å². The molecule has 0 aliphatic heterocycles. The molecule has 3 aliphatic carbocycles. The minimum absolute atomic E-state index is 0.0339. The predicted molar refractivity (Wildman–Crippen MR) is 71.1 cm³/mol. The summed E-state index contributed by atoms with van der Waals surface area (Å²) in [5.74, 6) is 0.773. The third kappa shape index (κ3) is 2.34. The number of ether oxygens (including phenoxy) is 1. The van der Waals surface area contributed by atoms with E-state index in [4.69, 9.17) is 4.74 Å². The van der Waals surface area contributed by atoms with Gasteiger partial charge in [0.05, 0.1) is 6.42 Å². The number of hydrogen-bond acceptors (Lipinski definition) is 2. The van der Waals surface area contributed by atoms with Crippen LogP contribution in [0.3, 0.4) is 0 Å². The van der Waals surface area contributed by atoms with Gasteiger partial charge in [-0.2, -0.15) is 0 Å². The molecule has 3 aliphatic rings. The van der Waals surface area contributed by atoms with Crippen molar-refractivity contribution in [3.8, 4) is 0 Å². The first-order valence-electron chi connectivity index (χ1n) is 7.51. The lowest BCUT2D eigenvalue weighted by Crippen LogP contribution is -2.35. The van der Waals surface area contributed by atoms with E-state index in [0.717, 1.165) is 18.8 Å². The Hall–Kier alpha value is -0.790. The molecule has 2 bridgehead atoms. The molecule has 2 nitrogen and oxygen atoms in total. The molecule has 0 aromatic heterocycles. The second-order valence-electron chi connectivity index (χ2n) is 6.89. The molecule has 0 radical (unpaired) electrons. The first-order valence-corrected chi connectivity index (χ1v) is 7.51. The van der Waals surface area contributed by atoms with Crippen LogP contribution < -0.4 is 0 Å². The number of hydrogen-bond donors (Lipinski definition) is 0. The Morgan fingerprint density at radius 1 is 1.28 bits per heavy atom. The van der Waals surface area contributed by atoms with Gasteiger partial charge in [-0.15, -0.1) is 0 Å². The van der Waals surface area contributed by atoms with Crippen molar-refractivity contribution in [2.45, 2.75) is 70.3 Å². The Balaban J connectivity index is 1.57. The minimum atomic E-state index is -0.174. The summed E-state index contributed by atoms with van der Waals surface area (Å²) >= 11 is 0. The van der Waals surface area contributed by atoms with Gasteiger partial charge < -0.3 is 4.74 Å². The summed E-state index contributed by atoms with van der Waals surface area (Å²) in [5, 5.41) is 0. The zero-order chi connectivity index (χ0) is 12.6. The Kier molecular flexibility index (Phi) is 2.99. The van der Waals surface area contributed by atoms with Crippen LogP contribution in [-0.4, -0.2) is 11.6 Å². The van der Waals surface area contributed by atoms with Crippen LogP contribution in [0, 0.1) is 11.3 Å². The quantitative estimate of drug-likeness (QED) is 0.557. The number of carbonyl (C=O) groups is 1. The summed E-state index contributed by atoms with van der Waals surface area (Å²) in [6.07, 6.45) is 14.6. The Bertz CT molecular complexity index is 365. The van der Waals surface area contributed by atoms with E-state index in [0.29, 0.717) is 6.42 Å². The standard InChI is InChI=1S/C16H24O2/c1-15(7-3-2-4-8-15)18-14(17)12-16-9-5-13(11-16)6-10-16/h5,9,13H,2-4,6-8,10-12H2,1H3. The van der Waals surface area contributed by atoms with E-state index in [1.54, 1.807) is 0 Å². The number of esters is 1. The third-order valence-electron chi connectivity index (χ3n) is 5.17. The molecule has 2 fully saturated rings. The molecular weight excluding hydrogens is 224 g/mol. The average molecular weight is 248 g/mol. The third-order valence-corrected chi connectivity index (χ3v) is 5.17. The summed E-state index contributed by atoms with van der Waals surface area (Å²) < 4.78 is 5.81. The van der Waals surface area contributed by atoms with Crippen LogP contribution in [0.4, 0.5) is 0 Å². The van der Waals surface area contributed by atoms with Gasteiger partial charge in [0.15, 0.2) is 0 Å². The molecule has 2 unspecified atom stereocenters. The molecule has 0 aromatic carbocycles. The van der Waals surface area contributed by atoms with E-state index in [1.807, 2.05) is 0 Å². The van der Waals surface area contributed by atoms with Crippen molar-refractivity contribution in [3.63, 3.8) is 0 Å². The van der Waals surface area contributed by atoms with Gasteiger partial charge in [-0.1, -0.05) is 18.6 Å². The molecule has 0 amide bonds. The van der Waals surface area contributed by atoms with E-state index < -0.39 is 0 Å². The normalized spacial score (nSPS) is 36.8. The molecule has 2 saturated carbocycles. The van der Waals surface area contributed by atoms with Gasteiger partial charge in [0, 0.05) is 0 Å². The number of rotatable bonds is 3. The smallest absolute Gasteiger partial charge is 0.307 e. The molecule has 0 heterocycles. The Morgan fingerprint density at radius 2 is 2.06 bits per heavy atom. The van der Waals surface area contributed by atoms with Crippen molar-refractivity contribution in [2.24, 2.45) is 11.3 Å². The summed E-state index contributed by atoms with van der Waals surface area (Å²) in [5.41, 5.74) is -0.0148. The zero-order valence-electron chi connectivity index (χ0n) is 11.4. The monoisotopic (exact) mass is 248 g/mol. The van der Waals surface area contributed by atoms with Gasteiger partial charge in [-0.25, -0.2) is 0 Å². The van der Waals surface area contributed by atoms with E-state index >= 15 is 0 Å². The Morgan fingerprint density at radius 3 is 2.61 bits per heavy atom. The molecule has 3 rings (SSSR count). The van der Waals surface area contributed by atoms with Gasteiger partial charge in [0.1, 0.15) is 5.60 Å². The minimum Gasteiger partial charge on any atom is -0.459 e. The molecule has 18 heavy (non-hydrogen) atoms. The van der Waals surface area contributed by atoms with Crippen LogP contribution >= 0.6 is 0 Å². The summed E-state index contributed by atoms with van der Waals surface area (Å²) in [6.45, 7) is 2.11. The van der Waals surface area contributed by atoms with Crippen molar-refractivity contribution in [1.29, 1.82) is 0 Å². The topological polar surface area (TPSA) is 26.3 Å². The van der Waals surface area contributed by atoms with Gasteiger partial charge >= 0.3 is 5.97 Å². The molecule has 2 atom stereocenters. The fourth-order valence-corrected chi connectivity index (χ4v) is 4.07. The summed E-state index contributed by atoms with van der Waals surface area (Å²) in [4.78, 5) is 12.2. The summed E-state index contributed by atoms with van der Waals surface area (Å²) in [7, 11) is 0. The molecule has 0 N–H and O–H groups in total. The molecule has 0 spiro atoms. The second kappa shape index (κ2) is 4.40. The van der Waals surface area contributed by atoms with Gasteiger partial charge in [-0.05, 0) is 63.2 Å². The maximum Gasteiger partial charge on any atom is 0.307 e. The van der Waals surface area contributed by atoms with Crippen LogP contribution in [-0.2, 0) is 9.53 Å². The predicted octanol–water partition coefficient (Wildman–Crippen LogP) is 4.00. The van der Waals surface area contributed by atoms with Crippen LogP contribution in [0.25, 0.3) is 0 Å². The van der Waals surface area contributed by atoms with Crippen molar-refractivity contribution >= 4 is 5.97 Å². The van der Waals surface area contributed by atoms with Crippen molar-refractivity contribution in [3.05, 3.63) is 12.2 Å². The average Bonchev–Trinajstić information content (AvgIpc) is 2.88.